The lowest BCUT2D eigenvalue weighted by atomic mass is 10.1. The van der Waals surface area contributed by atoms with E-state index in [9.17, 15) is 0 Å². The van der Waals surface area contributed by atoms with Crippen molar-refractivity contribution in [2.24, 2.45) is 0 Å². The number of methoxy groups -OCH3 is 1. The summed E-state index contributed by atoms with van der Waals surface area (Å²) in [5, 5.41) is 3.40. The number of imidazole rings is 1. The Morgan fingerprint density at radius 2 is 2.24 bits per heavy atom. The Balaban J connectivity index is 2.01. The Morgan fingerprint density at radius 3 is 2.94 bits per heavy atom. The highest BCUT2D eigenvalue weighted by atomic mass is 16.5. The third-order valence-corrected chi connectivity index (χ3v) is 2.74. The molecule has 0 aliphatic rings. The van der Waals surface area contributed by atoms with Crippen molar-refractivity contribution in [2.45, 2.75) is 19.5 Å². The maximum atomic E-state index is 5.34. The Kier molecular flexibility index (Phi) is 3.77. The minimum Gasteiger partial charge on any atom is -0.496 e. The molecule has 0 spiro atoms. The number of ether oxygens (including phenoxy) is 1. The standard InChI is InChI=1S/C13H17N3O/c1-10(16-9-13-14-7-8-15-13)11-5-3-4-6-12(11)17-2/h3-8,10,16H,9H2,1-2H3,(H,14,15)/t10-/m0/s1. The second-order valence-corrected chi connectivity index (χ2v) is 3.88. The Bertz CT molecular complexity index is 453. The zero-order valence-corrected chi connectivity index (χ0v) is 10.1. The van der Waals surface area contributed by atoms with Gasteiger partial charge in [-0.3, -0.25) is 0 Å². The average molecular weight is 231 g/mol. The van der Waals surface area contributed by atoms with Gasteiger partial charge in [0.15, 0.2) is 0 Å². The summed E-state index contributed by atoms with van der Waals surface area (Å²) in [5.41, 5.74) is 1.15. The van der Waals surface area contributed by atoms with Gasteiger partial charge < -0.3 is 15.0 Å². The molecule has 0 fully saturated rings. The van der Waals surface area contributed by atoms with E-state index in [0.29, 0.717) is 6.54 Å². The Hall–Kier alpha value is -1.81. The quantitative estimate of drug-likeness (QED) is 0.830. The molecular formula is C13H17N3O. The number of aromatic nitrogens is 2. The van der Waals surface area contributed by atoms with Gasteiger partial charge in [0.1, 0.15) is 11.6 Å². The van der Waals surface area contributed by atoms with Crippen molar-refractivity contribution in [3.05, 3.63) is 48.0 Å². The van der Waals surface area contributed by atoms with Crippen molar-refractivity contribution in [1.29, 1.82) is 0 Å². The fraction of sp³-hybridized carbons (Fsp3) is 0.308. The fourth-order valence-corrected chi connectivity index (χ4v) is 1.78. The lowest BCUT2D eigenvalue weighted by Gasteiger charge is -2.16. The van der Waals surface area contributed by atoms with E-state index < -0.39 is 0 Å². The van der Waals surface area contributed by atoms with Gasteiger partial charge in [0.05, 0.1) is 13.7 Å². The number of hydrogen-bond acceptors (Lipinski definition) is 3. The second kappa shape index (κ2) is 5.50. The van der Waals surface area contributed by atoms with E-state index in [2.05, 4.69) is 28.3 Å². The molecular weight excluding hydrogens is 214 g/mol. The van der Waals surface area contributed by atoms with Gasteiger partial charge in [0, 0.05) is 24.0 Å². The van der Waals surface area contributed by atoms with Crippen LogP contribution in [0.3, 0.4) is 0 Å². The molecule has 0 radical (unpaired) electrons. The van der Waals surface area contributed by atoms with Crippen molar-refractivity contribution < 1.29 is 4.74 Å². The first-order valence-electron chi connectivity index (χ1n) is 5.66. The van der Waals surface area contributed by atoms with E-state index in [1.165, 1.54) is 0 Å². The van der Waals surface area contributed by atoms with Crippen molar-refractivity contribution in [2.75, 3.05) is 7.11 Å². The maximum Gasteiger partial charge on any atom is 0.123 e. The van der Waals surface area contributed by atoms with Crippen molar-refractivity contribution in [3.8, 4) is 5.75 Å². The minimum atomic E-state index is 0.219. The van der Waals surface area contributed by atoms with Gasteiger partial charge in [-0.1, -0.05) is 18.2 Å². The van der Waals surface area contributed by atoms with E-state index >= 15 is 0 Å². The van der Waals surface area contributed by atoms with E-state index in [4.69, 9.17) is 4.74 Å². The second-order valence-electron chi connectivity index (χ2n) is 3.88. The van der Waals surface area contributed by atoms with Crippen LogP contribution >= 0.6 is 0 Å². The van der Waals surface area contributed by atoms with E-state index in [-0.39, 0.29) is 6.04 Å². The number of para-hydroxylation sites is 1. The minimum absolute atomic E-state index is 0.219. The molecule has 1 heterocycles. The van der Waals surface area contributed by atoms with E-state index in [1.54, 1.807) is 13.3 Å². The van der Waals surface area contributed by atoms with Crippen molar-refractivity contribution >= 4 is 0 Å². The third-order valence-electron chi connectivity index (χ3n) is 2.74. The van der Waals surface area contributed by atoms with Crippen LogP contribution in [0.15, 0.2) is 36.7 Å². The summed E-state index contributed by atoms with van der Waals surface area (Å²) in [5.74, 6) is 1.85. The molecule has 1 aromatic carbocycles. The molecule has 2 N–H and O–H groups in total. The Labute approximate surface area is 101 Å². The molecule has 0 amide bonds. The summed E-state index contributed by atoms with van der Waals surface area (Å²) < 4.78 is 5.34. The van der Waals surface area contributed by atoms with Crippen molar-refractivity contribution in [3.63, 3.8) is 0 Å². The van der Waals surface area contributed by atoms with Gasteiger partial charge in [-0.2, -0.15) is 0 Å². The highest BCUT2D eigenvalue weighted by Crippen LogP contribution is 2.24. The first-order chi connectivity index (χ1) is 8.31. The van der Waals surface area contributed by atoms with E-state index in [0.717, 1.165) is 17.1 Å². The van der Waals surface area contributed by atoms with Crippen LogP contribution in [0.1, 0.15) is 24.4 Å². The van der Waals surface area contributed by atoms with E-state index in [1.807, 2.05) is 24.4 Å². The third kappa shape index (κ3) is 2.85. The zero-order valence-electron chi connectivity index (χ0n) is 10.1. The molecule has 90 valence electrons. The maximum absolute atomic E-state index is 5.34. The molecule has 0 unspecified atom stereocenters. The van der Waals surface area contributed by atoms with Crippen LogP contribution in [0.5, 0.6) is 5.75 Å². The van der Waals surface area contributed by atoms with Crippen LogP contribution in [-0.4, -0.2) is 17.1 Å². The van der Waals surface area contributed by atoms with Gasteiger partial charge in [-0.25, -0.2) is 4.98 Å². The van der Waals surface area contributed by atoms with Gasteiger partial charge in [-0.15, -0.1) is 0 Å². The van der Waals surface area contributed by atoms with Gasteiger partial charge >= 0.3 is 0 Å². The number of benzene rings is 1. The summed E-state index contributed by atoms with van der Waals surface area (Å²) in [6, 6.07) is 8.25. The number of hydrogen-bond donors (Lipinski definition) is 2. The monoisotopic (exact) mass is 231 g/mol. The van der Waals surface area contributed by atoms with Crippen LogP contribution in [0.25, 0.3) is 0 Å². The number of H-pyrrole nitrogens is 1. The summed E-state index contributed by atoms with van der Waals surface area (Å²) in [6.45, 7) is 2.83. The summed E-state index contributed by atoms with van der Waals surface area (Å²) in [7, 11) is 1.69. The highest BCUT2D eigenvalue weighted by molar-refractivity contribution is 5.35. The number of aromatic amines is 1. The lowest BCUT2D eigenvalue weighted by molar-refractivity contribution is 0.401. The molecule has 0 bridgehead atoms. The molecule has 4 nitrogen and oxygen atoms in total. The summed E-state index contributed by atoms with van der Waals surface area (Å²) in [6.07, 6.45) is 3.58. The van der Waals surface area contributed by atoms with Crippen LogP contribution in [0.4, 0.5) is 0 Å². The predicted octanol–water partition coefficient (Wildman–Crippen LogP) is 2.27. The lowest BCUT2D eigenvalue weighted by Crippen LogP contribution is -2.19. The average Bonchev–Trinajstić information content (AvgIpc) is 2.89. The molecule has 2 rings (SSSR count). The molecule has 0 saturated carbocycles. The smallest absolute Gasteiger partial charge is 0.123 e. The van der Waals surface area contributed by atoms with Gasteiger partial charge in [-0.05, 0) is 13.0 Å². The molecule has 0 saturated heterocycles. The zero-order chi connectivity index (χ0) is 12.1. The van der Waals surface area contributed by atoms with Crippen LogP contribution in [-0.2, 0) is 6.54 Å². The first kappa shape index (κ1) is 11.7. The summed E-state index contributed by atoms with van der Waals surface area (Å²) in [4.78, 5) is 7.24. The normalized spacial score (nSPS) is 12.4. The number of nitrogens with one attached hydrogen (secondary N) is 2. The topological polar surface area (TPSA) is 49.9 Å². The van der Waals surface area contributed by atoms with Crippen LogP contribution in [0, 0.1) is 0 Å². The first-order valence-corrected chi connectivity index (χ1v) is 5.66. The van der Waals surface area contributed by atoms with Crippen LogP contribution < -0.4 is 10.1 Å². The van der Waals surface area contributed by atoms with Gasteiger partial charge in [0.2, 0.25) is 0 Å². The summed E-state index contributed by atoms with van der Waals surface area (Å²) >= 11 is 0. The highest BCUT2D eigenvalue weighted by Gasteiger charge is 2.10. The van der Waals surface area contributed by atoms with Crippen molar-refractivity contribution in [1.82, 2.24) is 15.3 Å². The molecule has 1 atom stereocenters. The fourth-order valence-electron chi connectivity index (χ4n) is 1.78. The number of rotatable bonds is 5. The molecule has 0 aliphatic heterocycles. The molecule has 2 aromatic rings. The molecule has 1 aromatic heterocycles. The molecule has 17 heavy (non-hydrogen) atoms. The van der Waals surface area contributed by atoms with Gasteiger partial charge in [0.25, 0.3) is 0 Å². The van der Waals surface area contributed by atoms with Crippen LogP contribution in [0.2, 0.25) is 0 Å². The molecule has 0 aliphatic carbocycles. The predicted molar refractivity (Wildman–Crippen MR) is 66.8 cm³/mol. The Morgan fingerprint density at radius 1 is 1.41 bits per heavy atom. The number of nitrogens with zero attached hydrogens (tertiary/aromatic N) is 1. The SMILES string of the molecule is COc1ccccc1[C@H](C)NCc1ncc[nH]1. The molecule has 4 heteroatoms. The largest absolute Gasteiger partial charge is 0.496 e.